The quantitative estimate of drug-likeness (QED) is 0.302. The molecule has 0 radical (unpaired) electrons. The third-order valence-electron chi connectivity index (χ3n) is 1.45. The predicted octanol–water partition coefficient (Wildman–Crippen LogP) is -3.68. The molecule has 0 aromatic rings. The number of hydrogen-bond donors (Lipinski definition) is 5. The van der Waals surface area contributed by atoms with Crippen molar-refractivity contribution in [3.8, 4) is 0 Å². The van der Waals surface area contributed by atoms with Gasteiger partial charge in [-0.25, -0.2) is 4.79 Å². The van der Waals surface area contributed by atoms with Crippen molar-refractivity contribution in [2.24, 2.45) is 5.73 Å². The molecule has 0 bridgehead atoms. The van der Waals surface area contributed by atoms with Crippen LogP contribution >= 0.6 is 0 Å². The van der Waals surface area contributed by atoms with Gasteiger partial charge in [0.15, 0.2) is 5.60 Å². The number of aliphatic hydroxyl groups is 1. The fourth-order valence-corrected chi connectivity index (χ4v) is 0.703. The first-order valence-corrected chi connectivity index (χ1v) is 4.34. The van der Waals surface area contributed by atoms with E-state index < -0.39 is 42.3 Å². The molecule has 112 valence electrons. The van der Waals surface area contributed by atoms with Crippen LogP contribution in [0.1, 0.15) is 20.3 Å². The molecule has 0 aliphatic heterocycles. The second-order valence-electron chi connectivity index (χ2n) is 3.05. The zero-order chi connectivity index (χ0) is 14.9. The standard InChI is InChI=1S/C6H8O7.C2H5NO2.CH4.2Mg/c7-3(8)1-6(13,5(11)12)2-4(9)10;3-1-2(4)5;;;/h13H,1-2H2,(H,7,8)(H,9,10)(H,11,12);1,3H2,(H,4,5);1H4;;/q;;;2*+2/p-1. The van der Waals surface area contributed by atoms with Crippen LogP contribution < -0.4 is 10.8 Å². The molecule has 10 nitrogen and oxygen atoms in total. The smallest absolute Gasteiger partial charge is 0.550 e. The van der Waals surface area contributed by atoms with Crippen LogP contribution in [0.5, 0.6) is 0 Å². The Morgan fingerprint density at radius 3 is 1.43 bits per heavy atom. The summed E-state index contributed by atoms with van der Waals surface area (Å²) >= 11 is 0. The summed E-state index contributed by atoms with van der Waals surface area (Å²) in [6, 6.07) is 0. The van der Waals surface area contributed by atoms with Gasteiger partial charge in [0.1, 0.15) is 0 Å². The van der Waals surface area contributed by atoms with Crippen molar-refractivity contribution < 1.29 is 44.7 Å². The van der Waals surface area contributed by atoms with Crippen LogP contribution in [0.4, 0.5) is 0 Å². The van der Waals surface area contributed by atoms with Gasteiger partial charge in [-0.05, 0) is 0 Å². The molecule has 1 unspecified atom stereocenters. The molecule has 6 N–H and O–H groups in total. The monoisotopic (exact) mass is 330 g/mol. The van der Waals surface area contributed by atoms with Gasteiger partial charge < -0.3 is 36.1 Å². The van der Waals surface area contributed by atoms with E-state index in [-0.39, 0.29) is 60.1 Å². The fraction of sp³-hybridized carbons (Fsp3) is 0.556. The normalized spacial score (nSPS) is 10.8. The predicted molar refractivity (Wildman–Crippen MR) is 69.4 cm³/mol. The summed E-state index contributed by atoms with van der Waals surface area (Å²) < 4.78 is 0. The molecule has 0 spiro atoms. The van der Waals surface area contributed by atoms with Gasteiger partial charge in [0, 0.05) is 12.4 Å². The Morgan fingerprint density at radius 2 is 1.29 bits per heavy atom. The molecular weight excluding hydrogens is 315 g/mol. The Hall–Kier alpha value is -0.668. The van der Waals surface area contributed by atoms with Crippen LogP contribution in [0.25, 0.3) is 0 Å². The molecule has 12 heteroatoms. The zero-order valence-electron chi connectivity index (χ0n) is 10.4. The van der Waals surface area contributed by atoms with E-state index in [0.717, 1.165) is 0 Å². The molecule has 0 heterocycles. The van der Waals surface area contributed by atoms with Crippen molar-refractivity contribution in [1.82, 2.24) is 0 Å². The van der Waals surface area contributed by atoms with Crippen LogP contribution in [-0.2, 0) is 19.2 Å². The fourth-order valence-electron chi connectivity index (χ4n) is 0.703. The van der Waals surface area contributed by atoms with E-state index in [0.29, 0.717) is 0 Å². The molecule has 0 saturated carbocycles. The van der Waals surface area contributed by atoms with E-state index in [2.05, 4.69) is 5.73 Å². The summed E-state index contributed by atoms with van der Waals surface area (Å²) in [5, 5.41) is 43.1. The number of carboxylic acid groups (broad SMARTS) is 4. The maximum Gasteiger partial charge on any atom is 2.00 e. The van der Waals surface area contributed by atoms with Gasteiger partial charge in [-0.15, -0.1) is 0 Å². The molecular formula is C9H16Mg2NO9+3. The molecule has 0 fully saturated rings. The maximum absolute atomic E-state index is 10.3. The van der Waals surface area contributed by atoms with Crippen molar-refractivity contribution >= 4 is 70.0 Å². The van der Waals surface area contributed by atoms with Gasteiger partial charge in [-0.3, -0.25) is 9.59 Å². The van der Waals surface area contributed by atoms with Gasteiger partial charge >= 0.3 is 64.0 Å². The van der Waals surface area contributed by atoms with Crippen LogP contribution in [0.2, 0.25) is 0 Å². The summed E-state index contributed by atoms with van der Waals surface area (Å²) in [6.07, 6.45) is -2.44. The minimum absolute atomic E-state index is 0. The number of carboxylic acids is 4. The van der Waals surface area contributed by atoms with Crippen molar-refractivity contribution in [2.75, 3.05) is 6.54 Å². The van der Waals surface area contributed by atoms with Crippen molar-refractivity contribution in [3.63, 3.8) is 0 Å². The minimum atomic E-state index is -2.80. The molecule has 0 saturated heterocycles. The Bertz CT molecular complexity index is 332. The second-order valence-corrected chi connectivity index (χ2v) is 3.05. The van der Waals surface area contributed by atoms with Crippen molar-refractivity contribution in [1.29, 1.82) is 0 Å². The number of rotatable bonds is 6. The largest absolute Gasteiger partial charge is 2.00 e. The minimum Gasteiger partial charge on any atom is -0.550 e. The molecule has 0 amide bonds. The first-order valence-electron chi connectivity index (χ1n) is 4.34. The van der Waals surface area contributed by atoms with Gasteiger partial charge in [-0.1, -0.05) is 7.43 Å². The Labute approximate surface area is 152 Å². The van der Waals surface area contributed by atoms with E-state index in [4.69, 9.17) is 20.4 Å². The first kappa shape index (κ1) is 32.3. The summed E-state index contributed by atoms with van der Waals surface area (Å²) in [4.78, 5) is 39.6. The third-order valence-corrected chi connectivity index (χ3v) is 1.45. The van der Waals surface area contributed by atoms with Crippen LogP contribution in [0, 0.1) is 0 Å². The summed E-state index contributed by atoms with van der Waals surface area (Å²) in [5.74, 6) is -6.30. The third kappa shape index (κ3) is 19.3. The molecule has 21 heavy (non-hydrogen) atoms. The Kier molecular flexibility index (Phi) is 24.2. The number of carbonyl (C=O) groups excluding carboxylic acids is 1. The zero-order valence-corrected chi connectivity index (χ0v) is 13.3. The number of nitrogens with two attached hydrogens (primary N) is 1. The van der Waals surface area contributed by atoms with Gasteiger partial charge in [0.05, 0.1) is 13.0 Å². The SMILES string of the molecule is C.NCC(=O)O.O=C([O-])CC(O)(CC(=O)O)C(=O)O.[Mg+2].[Mg+2]. The van der Waals surface area contributed by atoms with Crippen LogP contribution in [-0.4, -0.2) is 103 Å². The topological polar surface area (TPSA) is 198 Å². The number of hydrogen-bond acceptors (Lipinski definition) is 7. The van der Waals surface area contributed by atoms with E-state index >= 15 is 0 Å². The van der Waals surface area contributed by atoms with Crippen molar-refractivity contribution in [3.05, 3.63) is 0 Å². The van der Waals surface area contributed by atoms with Gasteiger partial charge in [-0.2, -0.15) is 0 Å². The number of aliphatic carboxylic acids is 4. The van der Waals surface area contributed by atoms with Gasteiger partial charge in [0.25, 0.3) is 0 Å². The molecule has 0 aliphatic rings. The summed E-state index contributed by atoms with van der Waals surface area (Å²) in [7, 11) is 0. The number of carbonyl (C=O) groups is 4. The molecule has 0 aromatic heterocycles. The van der Waals surface area contributed by atoms with Crippen LogP contribution in [0.3, 0.4) is 0 Å². The van der Waals surface area contributed by atoms with E-state index in [1.165, 1.54) is 0 Å². The summed E-state index contributed by atoms with van der Waals surface area (Å²) in [6.45, 7) is -0.278. The van der Waals surface area contributed by atoms with E-state index in [1.807, 2.05) is 0 Å². The molecule has 0 aliphatic carbocycles. The van der Waals surface area contributed by atoms with Crippen LogP contribution in [0.15, 0.2) is 0 Å². The molecule has 0 rings (SSSR count). The van der Waals surface area contributed by atoms with Gasteiger partial charge in [0.2, 0.25) is 0 Å². The average molecular weight is 331 g/mol. The summed E-state index contributed by atoms with van der Waals surface area (Å²) in [5.41, 5.74) is 1.77. The average Bonchev–Trinajstić information content (AvgIpc) is 2.15. The Morgan fingerprint density at radius 1 is 0.952 bits per heavy atom. The second kappa shape index (κ2) is 15.7. The molecule has 1 atom stereocenters. The van der Waals surface area contributed by atoms with E-state index in [9.17, 15) is 24.3 Å². The van der Waals surface area contributed by atoms with E-state index in [1.54, 1.807) is 0 Å². The molecule has 0 aromatic carbocycles. The Balaban J connectivity index is -0.0000000933. The first-order chi connectivity index (χ1) is 8.05. The van der Waals surface area contributed by atoms with Crippen molar-refractivity contribution in [2.45, 2.75) is 25.9 Å². The maximum atomic E-state index is 10.3.